The van der Waals surface area contributed by atoms with E-state index in [4.69, 9.17) is 13.8 Å². The molecule has 0 aromatic heterocycles. The Bertz CT molecular complexity index is 1730. The number of amides is 1. The van der Waals surface area contributed by atoms with Gasteiger partial charge in [-0.1, -0.05) is 258 Å². The standard InChI is InChI=1S/C67H115N2O7P/c1-7-10-13-16-19-22-25-27-29-31-32-33-34-35-36-38-39-41-44-47-50-53-56-59-66(70)68-64(63-75-77(72,73)74-62-61-69(4,5)6)65(58-55-52-49-46-43-24-21-18-15-12-9-3)76-67(71)60-57-54-51-48-45-42-40-37-30-28-26-23-20-17-14-11-8-2/h11,14,17,19-20,22-23,26-30,32-33,37,40,42,45,55,58,64-65H,7-10,12-13,15-16,18,21,24-25,31,34-36,38-39,41,43-44,46-54,56-57,59-63H2,1-6H3,(H-,68,70,72,73)/b14-11-,20-17+,22-19-,26-23+,29-27-,30-28-,33-32-,40-37+,45-42+,58-55-. The molecule has 0 saturated carbocycles. The Morgan fingerprint density at radius 3 is 1.40 bits per heavy atom. The Hall–Kier alpha value is -3.59. The predicted molar refractivity (Wildman–Crippen MR) is 330 cm³/mol. The van der Waals surface area contributed by atoms with Crippen LogP contribution < -0.4 is 10.2 Å². The summed E-state index contributed by atoms with van der Waals surface area (Å²) in [6, 6.07) is -0.917. The van der Waals surface area contributed by atoms with Crippen molar-refractivity contribution in [3.05, 3.63) is 122 Å². The minimum atomic E-state index is -4.72. The van der Waals surface area contributed by atoms with Gasteiger partial charge in [-0.05, 0) is 89.5 Å². The van der Waals surface area contributed by atoms with Gasteiger partial charge in [0.25, 0.3) is 7.82 Å². The number of esters is 1. The number of nitrogens with zero attached hydrogens (tertiary/aromatic N) is 1. The number of phosphoric ester groups is 1. The zero-order valence-electron chi connectivity index (χ0n) is 50.1. The van der Waals surface area contributed by atoms with Gasteiger partial charge in [0.05, 0.1) is 33.8 Å². The first-order valence-electron chi connectivity index (χ1n) is 30.9. The van der Waals surface area contributed by atoms with Crippen LogP contribution in [0.2, 0.25) is 0 Å². The van der Waals surface area contributed by atoms with Gasteiger partial charge in [-0.25, -0.2) is 0 Å². The molecule has 440 valence electrons. The van der Waals surface area contributed by atoms with Crippen molar-refractivity contribution in [2.24, 2.45) is 0 Å². The maximum Gasteiger partial charge on any atom is 0.306 e. The summed E-state index contributed by atoms with van der Waals surface area (Å²) in [5, 5.41) is 3.01. The maximum atomic E-state index is 13.5. The lowest BCUT2D eigenvalue weighted by molar-refractivity contribution is -0.870. The Kier molecular flexibility index (Phi) is 53.1. The van der Waals surface area contributed by atoms with E-state index < -0.39 is 26.6 Å². The summed E-state index contributed by atoms with van der Waals surface area (Å²) >= 11 is 0. The summed E-state index contributed by atoms with van der Waals surface area (Å²) < 4.78 is 30.2. The van der Waals surface area contributed by atoms with Gasteiger partial charge in [0.1, 0.15) is 19.3 Å². The van der Waals surface area contributed by atoms with Gasteiger partial charge >= 0.3 is 5.97 Å². The highest BCUT2D eigenvalue weighted by Crippen LogP contribution is 2.38. The zero-order chi connectivity index (χ0) is 56.4. The average molecular weight is 1090 g/mol. The number of carbonyl (C=O) groups is 2. The number of rotatable bonds is 54. The molecule has 0 aliphatic rings. The minimum absolute atomic E-state index is 0.0374. The molecule has 1 N–H and O–H groups in total. The molecule has 0 aromatic carbocycles. The van der Waals surface area contributed by atoms with Crippen molar-refractivity contribution in [3.8, 4) is 0 Å². The predicted octanol–water partition coefficient (Wildman–Crippen LogP) is 18.5. The van der Waals surface area contributed by atoms with E-state index in [1.807, 2.05) is 94.1 Å². The highest BCUT2D eigenvalue weighted by molar-refractivity contribution is 7.45. The van der Waals surface area contributed by atoms with Crippen molar-refractivity contribution >= 4 is 19.7 Å². The number of hydrogen-bond acceptors (Lipinski definition) is 7. The van der Waals surface area contributed by atoms with E-state index in [-0.39, 0.29) is 24.9 Å². The molecule has 0 radical (unpaired) electrons. The van der Waals surface area contributed by atoms with Crippen LogP contribution in [0.1, 0.15) is 239 Å². The molecule has 0 fully saturated rings. The van der Waals surface area contributed by atoms with Crippen LogP contribution in [0.4, 0.5) is 0 Å². The molecule has 10 heteroatoms. The lowest BCUT2D eigenvalue weighted by atomic mass is 10.0. The summed E-state index contributed by atoms with van der Waals surface area (Å²) in [7, 11) is 1.14. The molecule has 0 heterocycles. The number of phosphoric acid groups is 1. The molecule has 0 aromatic rings. The quantitative estimate of drug-likeness (QED) is 0.0161. The van der Waals surface area contributed by atoms with E-state index in [0.717, 1.165) is 89.9 Å². The number of quaternary nitrogens is 1. The third-order valence-corrected chi connectivity index (χ3v) is 14.0. The lowest BCUT2D eigenvalue weighted by Crippen LogP contribution is -2.47. The zero-order valence-corrected chi connectivity index (χ0v) is 51.0. The van der Waals surface area contributed by atoms with Crippen LogP contribution in [-0.2, 0) is 27.9 Å². The van der Waals surface area contributed by atoms with E-state index in [0.29, 0.717) is 23.9 Å². The van der Waals surface area contributed by atoms with Gasteiger partial charge in [0.15, 0.2) is 0 Å². The van der Waals surface area contributed by atoms with Gasteiger partial charge in [-0.15, -0.1) is 0 Å². The van der Waals surface area contributed by atoms with Crippen molar-refractivity contribution in [2.75, 3.05) is 40.9 Å². The Balaban J connectivity index is 5.27. The van der Waals surface area contributed by atoms with Crippen molar-refractivity contribution in [1.82, 2.24) is 5.32 Å². The lowest BCUT2D eigenvalue weighted by Gasteiger charge is -2.30. The first-order valence-corrected chi connectivity index (χ1v) is 32.4. The highest BCUT2D eigenvalue weighted by Gasteiger charge is 2.27. The number of nitrogens with one attached hydrogen (secondary N) is 1. The Morgan fingerprint density at radius 1 is 0.481 bits per heavy atom. The molecule has 0 rings (SSSR count). The molecule has 9 nitrogen and oxygen atoms in total. The van der Waals surface area contributed by atoms with Gasteiger partial charge in [0, 0.05) is 12.8 Å². The molecule has 0 aliphatic heterocycles. The SMILES string of the molecule is CC\C=C/C=C/C=C/C=C\C=C\C=C\CCCCCC(=O)OC(/C=C\CCCCCCCCCCC)C(COP(=O)([O-])OCC[N+](C)(C)C)NC(=O)CCCCCCCCCCCC/C=C\C/C=C\C/C=C\CCCCC. The van der Waals surface area contributed by atoms with Crippen LogP contribution in [0.3, 0.4) is 0 Å². The topological polar surface area (TPSA) is 114 Å². The second kappa shape index (κ2) is 55.7. The first kappa shape index (κ1) is 73.4. The Labute approximate surface area is 473 Å². The van der Waals surface area contributed by atoms with E-state index >= 15 is 0 Å². The molecule has 0 spiro atoms. The number of allylic oxidation sites excluding steroid dienone is 19. The third-order valence-electron chi connectivity index (χ3n) is 13.0. The summed E-state index contributed by atoms with van der Waals surface area (Å²) in [5.41, 5.74) is 0. The fraction of sp³-hybridized carbons (Fsp3) is 0.672. The van der Waals surface area contributed by atoms with E-state index in [1.165, 1.54) is 109 Å². The van der Waals surface area contributed by atoms with Gasteiger partial charge < -0.3 is 28.5 Å². The van der Waals surface area contributed by atoms with Crippen LogP contribution in [0.15, 0.2) is 122 Å². The van der Waals surface area contributed by atoms with Crippen LogP contribution in [0.25, 0.3) is 0 Å². The molecule has 0 aliphatic carbocycles. The van der Waals surface area contributed by atoms with Crippen molar-refractivity contribution < 1.29 is 37.3 Å². The molecule has 0 saturated heterocycles. The number of ether oxygens (including phenoxy) is 1. The van der Waals surface area contributed by atoms with Crippen LogP contribution in [0, 0.1) is 0 Å². The van der Waals surface area contributed by atoms with Crippen LogP contribution in [-0.4, -0.2) is 69.4 Å². The summed E-state index contributed by atoms with van der Waals surface area (Å²) in [6.45, 7) is 6.61. The summed E-state index contributed by atoms with van der Waals surface area (Å²) in [4.78, 5) is 40.0. The number of unbranched alkanes of at least 4 members (excludes halogenated alkanes) is 25. The Morgan fingerprint density at radius 2 is 0.883 bits per heavy atom. The normalized spacial score (nSPS) is 14.5. The monoisotopic (exact) mass is 1090 g/mol. The van der Waals surface area contributed by atoms with Crippen molar-refractivity contribution in [3.63, 3.8) is 0 Å². The largest absolute Gasteiger partial charge is 0.756 e. The summed E-state index contributed by atoms with van der Waals surface area (Å²) in [6.07, 6.45) is 77.4. The first-order chi connectivity index (χ1) is 37.4. The maximum absolute atomic E-state index is 13.5. The van der Waals surface area contributed by atoms with Gasteiger partial charge in [-0.3, -0.25) is 14.2 Å². The van der Waals surface area contributed by atoms with E-state index in [1.54, 1.807) is 0 Å². The fourth-order valence-corrected chi connectivity index (χ4v) is 8.99. The molecule has 1 amide bonds. The molecule has 3 unspecified atom stereocenters. The molecular weight excluding hydrogens is 976 g/mol. The van der Waals surface area contributed by atoms with Crippen LogP contribution in [0.5, 0.6) is 0 Å². The molecule has 77 heavy (non-hydrogen) atoms. The molecule has 3 atom stereocenters. The van der Waals surface area contributed by atoms with Crippen molar-refractivity contribution in [1.29, 1.82) is 0 Å². The van der Waals surface area contributed by atoms with Crippen molar-refractivity contribution in [2.45, 2.75) is 251 Å². The number of likely N-dealkylation sites (N-methyl/N-ethyl adjacent to an activating group) is 1. The van der Waals surface area contributed by atoms with E-state index in [2.05, 4.69) is 74.7 Å². The second-order valence-electron chi connectivity index (χ2n) is 21.6. The highest BCUT2D eigenvalue weighted by atomic mass is 31.2. The number of hydrogen-bond donors (Lipinski definition) is 1. The van der Waals surface area contributed by atoms with Gasteiger partial charge in [0.2, 0.25) is 5.91 Å². The average Bonchev–Trinajstić information content (AvgIpc) is 3.39. The van der Waals surface area contributed by atoms with Gasteiger partial charge in [-0.2, -0.15) is 0 Å². The smallest absolute Gasteiger partial charge is 0.306 e. The molecule has 0 bridgehead atoms. The molecular formula is C67H115N2O7P. The fourth-order valence-electron chi connectivity index (χ4n) is 8.27. The third kappa shape index (κ3) is 56.9. The van der Waals surface area contributed by atoms with E-state index in [9.17, 15) is 19.0 Å². The van der Waals surface area contributed by atoms with Crippen LogP contribution >= 0.6 is 7.82 Å². The minimum Gasteiger partial charge on any atom is -0.756 e. The number of carbonyl (C=O) groups excluding carboxylic acids is 2. The second-order valence-corrected chi connectivity index (χ2v) is 23.0. The summed E-state index contributed by atoms with van der Waals surface area (Å²) in [5.74, 6) is -0.605.